The van der Waals surface area contributed by atoms with Gasteiger partial charge in [0.25, 0.3) is 0 Å². The van der Waals surface area contributed by atoms with Crippen LogP contribution >= 0.6 is 0 Å². The largest absolute Gasteiger partial charge is 0.493 e. The van der Waals surface area contributed by atoms with Crippen molar-refractivity contribution in [1.29, 1.82) is 0 Å². The fraction of sp³-hybridized carbons (Fsp3) is 0.421. The van der Waals surface area contributed by atoms with E-state index in [0.717, 1.165) is 12.8 Å². The van der Waals surface area contributed by atoms with Gasteiger partial charge < -0.3 is 14.2 Å². The van der Waals surface area contributed by atoms with Gasteiger partial charge in [-0.2, -0.15) is 0 Å². The van der Waals surface area contributed by atoms with Gasteiger partial charge in [-0.25, -0.2) is 4.79 Å². The topological polar surface area (TPSA) is 44.8 Å². The molecule has 23 heavy (non-hydrogen) atoms. The van der Waals surface area contributed by atoms with Crippen LogP contribution < -0.4 is 9.47 Å². The zero-order valence-corrected chi connectivity index (χ0v) is 14.6. The molecule has 0 heterocycles. The SMILES string of the molecule is COC(=O)c1ccc(OC)c(OC/C=C(\C)CCC=C(C)C)c1. The molecule has 1 aromatic carbocycles. The maximum absolute atomic E-state index is 11.6. The third kappa shape index (κ3) is 6.59. The van der Waals surface area contributed by atoms with E-state index in [4.69, 9.17) is 14.2 Å². The molecule has 0 N–H and O–H groups in total. The lowest BCUT2D eigenvalue weighted by Crippen LogP contribution is -2.03. The summed E-state index contributed by atoms with van der Waals surface area (Å²) in [4.78, 5) is 11.6. The van der Waals surface area contributed by atoms with Crippen molar-refractivity contribution in [2.75, 3.05) is 20.8 Å². The maximum Gasteiger partial charge on any atom is 0.337 e. The fourth-order valence-electron chi connectivity index (χ4n) is 2.00. The van der Waals surface area contributed by atoms with Crippen molar-refractivity contribution in [2.45, 2.75) is 33.6 Å². The minimum atomic E-state index is -0.397. The third-order valence-corrected chi connectivity index (χ3v) is 3.35. The molecule has 0 bridgehead atoms. The molecule has 0 unspecified atom stereocenters. The van der Waals surface area contributed by atoms with Crippen molar-refractivity contribution in [3.05, 3.63) is 47.1 Å². The molecule has 0 aromatic heterocycles. The molecule has 4 nitrogen and oxygen atoms in total. The van der Waals surface area contributed by atoms with Gasteiger partial charge in [0.1, 0.15) is 6.61 Å². The van der Waals surface area contributed by atoms with Gasteiger partial charge in [0, 0.05) is 0 Å². The Bertz CT molecular complexity index is 581. The van der Waals surface area contributed by atoms with Crippen LogP contribution in [0.5, 0.6) is 11.5 Å². The summed E-state index contributed by atoms with van der Waals surface area (Å²) in [7, 11) is 2.92. The Morgan fingerprint density at radius 1 is 1.09 bits per heavy atom. The average Bonchev–Trinajstić information content (AvgIpc) is 2.53. The van der Waals surface area contributed by atoms with Crippen molar-refractivity contribution in [3.8, 4) is 11.5 Å². The molecule has 0 atom stereocenters. The predicted molar refractivity (Wildman–Crippen MR) is 92.3 cm³/mol. The lowest BCUT2D eigenvalue weighted by Gasteiger charge is -2.11. The minimum Gasteiger partial charge on any atom is -0.493 e. The molecule has 0 amide bonds. The molecule has 0 radical (unpaired) electrons. The van der Waals surface area contributed by atoms with Crippen LogP contribution in [-0.4, -0.2) is 26.8 Å². The second kappa shape index (κ2) is 9.72. The zero-order valence-electron chi connectivity index (χ0n) is 14.6. The third-order valence-electron chi connectivity index (χ3n) is 3.35. The van der Waals surface area contributed by atoms with Crippen LogP contribution in [0.1, 0.15) is 44.0 Å². The van der Waals surface area contributed by atoms with E-state index < -0.39 is 5.97 Å². The van der Waals surface area contributed by atoms with E-state index in [2.05, 4.69) is 26.8 Å². The molecule has 126 valence electrons. The standard InChI is InChI=1S/C19H26O4/c1-14(2)7-6-8-15(3)11-12-23-18-13-16(19(20)22-5)9-10-17(18)21-4/h7,9-11,13H,6,8,12H2,1-5H3/b15-11+. The number of hydrogen-bond donors (Lipinski definition) is 0. The molecule has 0 fully saturated rings. The quantitative estimate of drug-likeness (QED) is 0.521. The molecule has 0 saturated heterocycles. The summed E-state index contributed by atoms with van der Waals surface area (Å²) >= 11 is 0. The van der Waals surface area contributed by atoms with Crippen molar-refractivity contribution in [3.63, 3.8) is 0 Å². The van der Waals surface area contributed by atoms with E-state index >= 15 is 0 Å². The highest BCUT2D eigenvalue weighted by atomic mass is 16.5. The van der Waals surface area contributed by atoms with Crippen molar-refractivity contribution < 1.29 is 19.0 Å². The predicted octanol–water partition coefficient (Wildman–Crippen LogP) is 4.55. The van der Waals surface area contributed by atoms with Gasteiger partial charge in [-0.05, 0) is 57.9 Å². The van der Waals surface area contributed by atoms with Gasteiger partial charge in [-0.1, -0.05) is 17.2 Å². The first-order valence-electron chi connectivity index (χ1n) is 7.66. The number of benzene rings is 1. The first-order valence-corrected chi connectivity index (χ1v) is 7.66. The number of esters is 1. The summed E-state index contributed by atoms with van der Waals surface area (Å²) < 4.78 is 15.7. The lowest BCUT2D eigenvalue weighted by molar-refractivity contribution is 0.0600. The summed E-state index contributed by atoms with van der Waals surface area (Å²) in [6.45, 7) is 6.72. The lowest BCUT2D eigenvalue weighted by atomic mass is 10.1. The van der Waals surface area contributed by atoms with Gasteiger partial charge in [0.05, 0.1) is 19.8 Å². The van der Waals surface area contributed by atoms with E-state index in [1.54, 1.807) is 25.3 Å². The van der Waals surface area contributed by atoms with Gasteiger partial charge >= 0.3 is 5.97 Å². The van der Waals surface area contributed by atoms with Crippen molar-refractivity contribution in [1.82, 2.24) is 0 Å². The second-order valence-electron chi connectivity index (χ2n) is 5.54. The summed E-state index contributed by atoms with van der Waals surface area (Å²) in [5, 5.41) is 0. The Morgan fingerprint density at radius 2 is 1.83 bits per heavy atom. The molecular weight excluding hydrogens is 292 g/mol. The molecule has 4 heteroatoms. The Hall–Kier alpha value is -2.23. The number of ether oxygens (including phenoxy) is 3. The van der Waals surface area contributed by atoms with Gasteiger partial charge in [-0.15, -0.1) is 0 Å². The molecule has 0 saturated carbocycles. The number of carbonyl (C=O) groups is 1. The van der Waals surface area contributed by atoms with E-state index in [9.17, 15) is 4.79 Å². The van der Waals surface area contributed by atoms with Crippen LogP contribution in [0.15, 0.2) is 41.5 Å². The van der Waals surface area contributed by atoms with E-state index in [0.29, 0.717) is 23.7 Å². The molecule has 1 rings (SSSR count). The van der Waals surface area contributed by atoms with Crippen LogP contribution in [0.25, 0.3) is 0 Å². The molecule has 0 aliphatic carbocycles. The first-order chi connectivity index (χ1) is 11.0. The van der Waals surface area contributed by atoms with Crippen LogP contribution in [0, 0.1) is 0 Å². The highest BCUT2D eigenvalue weighted by Gasteiger charge is 2.11. The monoisotopic (exact) mass is 318 g/mol. The van der Waals surface area contributed by atoms with E-state index in [-0.39, 0.29) is 0 Å². The number of carbonyl (C=O) groups excluding carboxylic acids is 1. The van der Waals surface area contributed by atoms with Crippen LogP contribution in [0.4, 0.5) is 0 Å². The molecular formula is C19H26O4. The highest BCUT2D eigenvalue weighted by Crippen LogP contribution is 2.28. The van der Waals surface area contributed by atoms with Gasteiger partial charge in [0.2, 0.25) is 0 Å². The Balaban J connectivity index is 2.68. The molecule has 0 aliphatic heterocycles. The summed E-state index contributed by atoms with van der Waals surface area (Å²) in [5.74, 6) is 0.725. The molecule has 0 aliphatic rings. The van der Waals surface area contributed by atoms with Crippen molar-refractivity contribution in [2.24, 2.45) is 0 Å². The molecule has 1 aromatic rings. The van der Waals surface area contributed by atoms with Gasteiger partial charge in [-0.3, -0.25) is 0 Å². The van der Waals surface area contributed by atoms with Crippen LogP contribution in [0.3, 0.4) is 0 Å². The number of rotatable bonds is 8. The van der Waals surface area contributed by atoms with Crippen LogP contribution in [0.2, 0.25) is 0 Å². The maximum atomic E-state index is 11.6. The van der Waals surface area contributed by atoms with E-state index in [1.807, 2.05) is 6.08 Å². The zero-order chi connectivity index (χ0) is 17.2. The number of methoxy groups -OCH3 is 2. The number of hydrogen-bond acceptors (Lipinski definition) is 4. The smallest absolute Gasteiger partial charge is 0.337 e. The average molecular weight is 318 g/mol. The summed E-state index contributed by atoms with van der Waals surface area (Å²) in [5.41, 5.74) is 3.04. The highest BCUT2D eigenvalue weighted by molar-refractivity contribution is 5.90. The van der Waals surface area contributed by atoms with E-state index in [1.165, 1.54) is 18.3 Å². The first kappa shape index (κ1) is 18.8. The molecule has 0 spiro atoms. The normalized spacial score (nSPS) is 10.9. The Morgan fingerprint density at radius 3 is 2.43 bits per heavy atom. The number of allylic oxidation sites excluding steroid dienone is 3. The van der Waals surface area contributed by atoms with Crippen molar-refractivity contribution >= 4 is 5.97 Å². The minimum absolute atomic E-state index is 0.397. The fourth-order valence-corrected chi connectivity index (χ4v) is 2.00. The summed E-state index contributed by atoms with van der Waals surface area (Å²) in [6.07, 6.45) is 6.31. The Labute approximate surface area is 138 Å². The summed E-state index contributed by atoms with van der Waals surface area (Å²) in [6, 6.07) is 4.99. The van der Waals surface area contributed by atoms with Gasteiger partial charge in [0.15, 0.2) is 11.5 Å². The Kier molecular flexibility index (Phi) is 7.95. The van der Waals surface area contributed by atoms with Crippen LogP contribution in [-0.2, 0) is 4.74 Å². The second-order valence-corrected chi connectivity index (χ2v) is 5.54.